The number of sulfonamides is 1. The summed E-state index contributed by atoms with van der Waals surface area (Å²) < 4.78 is 31.5. The van der Waals surface area contributed by atoms with Gasteiger partial charge in [0.1, 0.15) is 5.75 Å². The van der Waals surface area contributed by atoms with E-state index in [2.05, 4.69) is 5.32 Å². The number of fused-ring (bicyclic) bond motifs is 1. The molecule has 156 valence electrons. The fourth-order valence-electron chi connectivity index (χ4n) is 3.15. The Morgan fingerprint density at radius 3 is 2.69 bits per heavy atom. The lowest BCUT2D eigenvalue weighted by molar-refractivity contribution is -0.127. The highest BCUT2D eigenvalue weighted by molar-refractivity contribution is 7.92. The van der Waals surface area contributed by atoms with E-state index in [1.165, 1.54) is 10.4 Å². The fourth-order valence-corrected chi connectivity index (χ4v) is 4.26. The summed E-state index contributed by atoms with van der Waals surface area (Å²) in [5.74, 6) is 0.0431. The van der Waals surface area contributed by atoms with E-state index in [1.807, 2.05) is 42.3 Å². The third-order valence-corrected chi connectivity index (χ3v) is 6.10. The predicted molar refractivity (Wildman–Crippen MR) is 115 cm³/mol. The number of rotatable bonds is 6. The van der Waals surface area contributed by atoms with E-state index < -0.39 is 16.1 Å². The maximum Gasteiger partial charge on any atom is 0.261 e. The van der Waals surface area contributed by atoms with E-state index in [-0.39, 0.29) is 18.9 Å². The second-order valence-corrected chi connectivity index (χ2v) is 9.23. The van der Waals surface area contributed by atoms with Gasteiger partial charge in [-0.2, -0.15) is 0 Å². The molecule has 2 aromatic carbocycles. The van der Waals surface area contributed by atoms with Crippen molar-refractivity contribution in [2.75, 3.05) is 42.1 Å². The lowest BCUT2D eigenvalue weighted by atomic mass is 10.2. The van der Waals surface area contributed by atoms with Crippen molar-refractivity contribution >= 4 is 38.9 Å². The smallest absolute Gasteiger partial charge is 0.261 e. The summed E-state index contributed by atoms with van der Waals surface area (Å²) in [6.45, 7) is 1.20. The van der Waals surface area contributed by atoms with E-state index in [0.717, 1.165) is 11.9 Å². The van der Waals surface area contributed by atoms with E-state index in [1.54, 1.807) is 12.1 Å². The molecular formula is C20H24ClN3O4S. The van der Waals surface area contributed by atoms with Gasteiger partial charge >= 0.3 is 0 Å². The van der Waals surface area contributed by atoms with Crippen LogP contribution in [0.1, 0.15) is 6.42 Å². The highest BCUT2D eigenvalue weighted by Gasteiger charge is 2.31. The topological polar surface area (TPSA) is 79.0 Å². The number of halogens is 1. The van der Waals surface area contributed by atoms with Gasteiger partial charge in [0.05, 0.1) is 11.9 Å². The standard InChI is InChI=1S/C20H24ClN3O4S/c1-23(16-6-4-3-5-7-16)13-11-22-20(25)19-10-12-24(29(2,26)27)17-14-15(21)8-9-18(17)28-19/h3-9,14,19H,10-13H2,1-2H3,(H,22,25). The zero-order chi connectivity index (χ0) is 21.0. The zero-order valence-electron chi connectivity index (χ0n) is 16.3. The van der Waals surface area contributed by atoms with Crippen molar-refractivity contribution in [3.05, 3.63) is 53.6 Å². The summed E-state index contributed by atoms with van der Waals surface area (Å²) in [5.41, 5.74) is 1.40. The second-order valence-electron chi connectivity index (χ2n) is 6.89. The number of nitrogens with one attached hydrogen (secondary N) is 1. The van der Waals surface area contributed by atoms with Crippen molar-refractivity contribution in [3.8, 4) is 5.75 Å². The molecule has 1 aliphatic rings. The van der Waals surface area contributed by atoms with Gasteiger partial charge in [0, 0.05) is 43.8 Å². The molecule has 1 N–H and O–H groups in total. The molecule has 1 amide bonds. The normalized spacial score (nSPS) is 16.4. The number of carbonyl (C=O) groups excluding carboxylic acids is 1. The monoisotopic (exact) mass is 437 g/mol. The Hall–Kier alpha value is -2.45. The minimum atomic E-state index is -3.53. The molecule has 0 fully saturated rings. The molecule has 2 aromatic rings. The summed E-state index contributed by atoms with van der Waals surface area (Å²) in [6, 6.07) is 14.6. The number of para-hydroxylation sites is 1. The van der Waals surface area contributed by atoms with Gasteiger partial charge in [-0.15, -0.1) is 0 Å². The van der Waals surface area contributed by atoms with Crippen molar-refractivity contribution in [2.24, 2.45) is 0 Å². The van der Waals surface area contributed by atoms with E-state index in [9.17, 15) is 13.2 Å². The molecule has 1 unspecified atom stereocenters. The lowest BCUT2D eigenvalue weighted by Gasteiger charge is -2.21. The number of hydrogen-bond acceptors (Lipinski definition) is 5. The molecule has 0 saturated carbocycles. The van der Waals surface area contributed by atoms with Crippen LogP contribution in [0.5, 0.6) is 5.75 Å². The molecule has 3 rings (SSSR count). The van der Waals surface area contributed by atoms with Gasteiger partial charge in [-0.25, -0.2) is 8.42 Å². The van der Waals surface area contributed by atoms with Crippen LogP contribution in [0.3, 0.4) is 0 Å². The number of nitrogens with zero attached hydrogens (tertiary/aromatic N) is 2. The van der Waals surface area contributed by atoms with Gasteiger partial charge < -0.3 is 15.0 Å². The molecule has 29 heavy (non-hydrogen) atoms. The second kappa shape index (κ2) is 8.92. The SMILES string of the molecule is CN(CCNC(=O)C1CCN(S(C)(=O)=O)c2cc(Cl)ccc2O1)c1ccccc1. The van der Waals surface area contributed by atoms with Crippen molar-refractivity contribution in [1.82, 2.24) is 5.32 Å². The lowest BCUT2D eigenvalue weighted by Crippen LogP contribution is -2.42. The number of likely N-dealkylation sites (N-methyl/N-ethyl adjacent to an activating group) is 1. The Balaban J connectivity index is 1.65. The number of anilines is 2. The van der Waals surface area contributed by atoms with Crippen molar-refractivity contribution < 1.29 is 17.9 Å². The predicted octanol–water partition coefficient (Wildman–Crippen LogP) is 2.51. The van der Waals surface area contributed by atoms with Crippen molar-refractivity contribution in [3.63, 3.8) is 0 Å². The Labute approximate surface area is 176 Å². The minimum absolute atomic E-state index is 0.133. The number of benzene rings is 2. The van der Waals surface area contributed by atoms with Crippen LogP contribution in [-0.4, -0.2) is 53.4 Å². The first-order valence-electron chi connectivity index (χ1n) is 9.23. The first-order valence-corrected chi connectivity index (χ1v) is 11.5. The van der Waals surface area contributed by atoms with Crippen LogP contribution in [0.15, 0.2) is 48.5 Å². The fraction of sp³-hybridized carbons (Fsp3) is 0.350. The summed E-state index contributed by atoms with van der Waals surface area (Å²) in [5, 5.41) is 3.27. The molecule has 0 bridgehead atoms. The molecule has 9 heteroatoms. The Kier molecular flexibility index (Phi) is 6.54. The maximum absolute atomic E-state index is 12.7. The molecule has 1 heterocycles. The van der Waals surface area contributed by atoms with Gasteiger partial charge in [-0.05, 0) is 30.3 Å². The van der Waals surface area contributed by atoms with Gasteiger partial charge in [-0.1, -0.05) is 29.8 Å². The van der Waals surface area contributed by atoms with Crippen LogP contribution in [0.4, 0.5) is 11.4 Å². The molecule has 1 atom stereocenters. The van der Waals surface area contributed by atoms with Gasteiger partial charge in [-0.3, -0.25) is 9.10 Å². The van der Waals surface area contributed by atoms with Crippen LogP contribution >= 0.6 is 11.6 Å². The molecular weight excluding hydrogens is 414 g/mol. The molecule has 1 aliphatic heterocycles. The molecule has 0 spiro atoms. The highest BCUT2D eigenvalue weighted by atomic mass is 35.5. The first kappa shape index (κ1) is 21.3. The van der Waals surface area contributed by atoms with Crippen LogP contribution < -0.4 is 19.3 Å². The summed E-state index contributed by atoms with van der Waals surface area (Å²) in [4.78, 5) is 14.7. The maximum atomic E-state index is 12.7. The van der Waals surface area contributed by atoms with Crippen LogP contribution in [-0.2, 0) is 14.8 Å². The van der Waals surface area contributed by atoms with Crippen LogP contribution in [0, 0.1) is 0 Å². The van der Waals surface area contributed by atoms with Gasteiger partial charge in [0.25, 0.3) is 5.91 Å². The zero-order valence-corrected chi connectivity index (χ0v) is 17.9. The van der Waals surface area contributed by atoms with Gasteiger partial charge in [0.15, 0.2) is 6.10 Å². The van der Waals surface area contributed by atoms with Crippen molar-refractivity contribution in [2.45, 2.75) is 12.5 Å². The molecule has 0 saturated heterocycles. The average Bonchev–Trinajstić information content (AvgIpc) is 2.87. The summed E-state index contributed by atoms with van der Waals surface area (Å²) >= 11 is 6.03. The number of hydrogen-bond donors (Lipinski definition) is 1. The van der Waals surface area contributed by atoms with Crippen LogP contribution in [0.2, 0.25) is 5.02 Å². The third kappa shape index (κ3) is 5.33. The molecule has 0 aliphatic carbocycles. The Morgan fingerprint density at radius 1 is 1.28 bits per heavy atom. The molecule has 7 nitrogen and oxygen atoms in total. The van der Waals surface area contributed by atoms with Crippen LogP contribution in [0.25, 0.3) is 0 Å². The highest BCUT2D eigenvalue weighted by Crippen LogP contribution is 2.36. The minimum Gasteiger partial charge on any atom is -0.478 e. The van der Waals surface area contributed by atoms with Crippen molar-refractivity contribution in [1.29, 1.82) is 0 Å². The third-order valence-electron chi connectivity index (χ3n) is 4.69. The number of carbonyl (C=O) groups is 1. The Morgan fingerprint density at radius 2 is 2.00 bits per heavy atom. The van der Waals surface area contributed by atoms with Gasteiger partial charge in [0.2, 0.25) is 10.0 Å². The summed E-state index contributed by atoms with van der Waals surface area (Å²) in [6.07, 6.45) is 0.570. The van der Waals surface area contributed by atoms with E-state index in [4.69, 9.17) is 16.3 Å². The van der Waals surface area contributed by atoms with E-state index in [0.29, 0.717) is 29.5 Å². The molecule has 0 aromatic heterocycles. The quantitative estimate of drug-likeness (QED) is 0.751. The number of ether oxygens (including phenoxy) is 1. The largest absolute Gasteiger partial charge is 0.478 e. The average molecular weight is 438 g/mol. The molecule has 0 radical (unpaired) electrons. The number of amides is 1. The first-order chi connectivity index (χ1) is 13.8. The van der Waals surface area contributed by atoms with E-state index >= 15 is 0 Å². The Bertz CT molecular complexity index is 969. The summed E-state index contributed by atoms with van der Waals surface area (Å²) in [7, 11) is -1.58.